The maximum Gasteiger partial charge on any atom is 0.254 e. The molecule has 1 amide bonds. The van der Waals surface area contributed by atoms with Crippen LogP contribution in [0.15, 0.2) is 34.7 Å². The number of amides is 1. The SMILES string of the molecule is Cc1ccc(CN(C)C(=O)c2ccc3sc(N)nc3c2)o1. The zero-order valence-electron chi connectivity index (χ0n) is 11.8. The van der Waals surface area contributed by atoms with E-state index in [0.29, 0.717) is 17.2 Å². The van der Waals surface area contributed by atoms with Crippen LogP contribution in [0.25, 0.3) is 10.2 Å². The molecule has 0 bridgehead atoms. The lowest BCUT2D eigenvalue weighted by molar-refractivity contribution is 0.0775. The predicted octanol–water partition coefficient (Wildman–Crippen LogP) is 3.05. The number of nitrogen functional groups attached to an aromatic ring is 1. The van der Waals surface area contributed by atoms with Crippen LogP contribution in [0.3, 0.4) is 0 Å². The maximum absolute atomic E-state index is 12.4. The summed E-state index contributed by atoms with van der Waals surface area (Å²) in [6.07, 6.45) is 0. The van der Waals surface area contributed by atoms with Gasteiger partial charge in [0.2, 0.25) is 0 Å². The number of hydrogen-bond acceptors (Lipinski definition) is 5. The first-order valence-electron chi connectivity index (χ1n) is 6.50. The number of thiazole rings is 1. The summed E-state index contributed by atoms with van der Waals surface area (Å²) in [6, 6.07) is 9.21. The molecule has 2 aromatic heterocycles. The molecule has 21 heavy (non-hydrogen) atoms. The van der Waals surface area contributed by atoms with Gasteiger partial charge in [0.25, 0.3) is 5.91 Å². The summed E-state index contributed by atoms with van der Waals surface area (Å²) < 4.78 is 6.47. The standard InChI is InChI=1S/C15H15N3O2S/c1-9-3-5-11(20-9)8-18(2)14(19)10-4-6-13-12(7-10)17-15(16)21-13/h3-7H,8H2,1-2H3,(H2,16,17). The number of carbonyl (C=O) groups is 1. The van der Waals surface area contributed by atoms with Crippen LogP contribution < -0.4 is 5.73 Å². The van der Waals surface area contributed by atoms with Crippen molar-refractivity contribution in [3.8, 4) is 0 Å². The first-order valence-corrected chi connectivity index (χ1v) is 7.31. The smallest absolute Gasteiger partial charge is 0.254 e. The minimum atomic E-state index is -0.0717. The Morgan fingerprint density at radius 3 is 2.90 bits per heavy atom. The van der Waals surface area contributed by atoms with E-state index in [1.165, 1.54) is 11.3 Å². The normalized spacial score (nSPS) is 11.0. The van der Waals surface area contributed by atoms with Crippen LogP contribution >= 0.6 is 11.3 Å². The van der Waals surface area contributed by atoms with E-state index >= 15 is 0 Å². The highest BCUT2D eigenvalue weighted by Gasteiger charge is 2.15. The Labute approximate surface area is 126 Å². The van der Waals surface area contributed by atoms with Crippen molar-refractivity contribution < 1.29 is 9.21 Å². The summed E-state index contributed by atoms with van der Waals surface area (Å²) in [7, 11) is 1.75. The molecule has 0 fully saturated rings. The Kier molecular flexibility index (Phi) is 3.39. The topological polar surface area (TPSA) is 72.4 Å². The Balaban J connectivity index is 1.81. The van der Waals surface area contributed by atoms with Crippen LogP contribution in [0.5, 0.6) is 0 Å². The van der Waals surface area contributed by atoms with E-state index in [2.05, 4.69) is 4.98 Å². The van der Waals surface area contributed by atoms with E-state index in [-0.39, 0.29) is 5.91 Å². The van der Waals surface area contributed by atoms with E-state index in [9.17, 15) is 4.79 Å². The van der Waals surface area contributed by atoms with Crippen molar-refractivity contribution in [3.63, 3.8) is 0 Å². The fourth-order valence-electron chi connectivity index (χ4n) is 2.17. The van der Waals surface area contributed by atoms with E-state index in [0.717, 1.165) is 21.7 Å². The molecule has 0 atom stereocenters. The largest absolute Gasteiger partial charge is 0.464 e. The fourth-order valence-corrected chi connectivity index (χ4v) is 2.89. The molecule has 0 saturated carbocycles. The van der Waals surface area contributed by atoms with Gasteiger partial charge in [-0.1, -0.05) is 11.3 Å². The van der Waals surface area contributed by atoms with Gasteiger partial charge in [0.1, 0.15) is 11.5 Å². The molecule has 0 saturated heterocycles. The highest BCUT2D eigenvalue weighted by Crippen LogP contribution is 2.25. The van der Waals surface area contributed by atoms with Crippen LogP contribution in [-0.2, 0) is 6.54 Å². The van der Waals surface area contributed by atoms with Gasteiger partial charge < -0.3 is 15.1 Å². The predicted molar refractivity (Wildman–Crippen MR) is 83.3 cm³/mol. The van der Waals surface area contributed by atoms with Gasteiger partial charge in [0.15, 0.2) is 5.13 Å². The average Bonchev–Trinajstić information content (AvgIpc) is 3.01. The first kappa shape index (κ1) is 13.6. The number of anilines is 1. The number of nitrogens with two attached hydrogens (primary N) is 1. The fraction of sp³-hybridized carbons (Fsp3) is 0.200. The van der Waals surface area contributed by atoms with Gasteiger partial charge in [-0.15, -0.1) is 0 Å². The minimum absolute atomic E-state index is 0.0717. The van der Waals surface area contributed by atoms with Crippen molar-refractivity contribution >= 4 is 32.6 Å². The lowest BCUT2D eigenvalue weighted by Crippen LogP contribution is -2.25. The Hall–Kier alpha value is -2.34. The molecule has 2 heterocycles. The average molecular weight is 301 g/mol. The molecule has 2 N–H and O–H groups in total. The summed E-state index contributed by atoms with van der Waals surface area (Å²) in [6.45, 7) is 2.32. The van der Waals surface area contributed by atoms with Crippen molar-refractivity contribution in [2.45, 2.75) is 13.5 Å². The number of furan rings is 1. The van der Waals surface area contributed by atoms with Gasteiger partial charge in [0, 0.05) is 12.6 Å². The van der Waals surface area contributed by atoms with E-state index < -0.39 is 0 Å². The monoisotopic (exact) mass is 301 g/mol. The Bertz CT molecular complexity index is 806. The summed E-state index contributed by atoms with van der Waals surface area (Å²) >= 11 is 1.41. The van der Waals surface area contributed by atoms with Crippen LogP contribution in [-0.4, -0.2) is 22.8 Å². The molecule has 0 aliphatic heterocycles. The lowest BCUT2D eigenvalue weighted by Gasteiger charge is -2.15. The van der Waals surface area contributed by atoms with E-state index in [4.69, 9.17) is 10.2 Å². The van der Waals surface area contributed by atoms with Crippen molar-refractivity contribution in [1.82, 2.24) is 9.88 Å². The zero-order chi connectivity index (χ0) is 15.0. The Morgan fingerprint density at radius 1 is 1.38 bits per heavy atom. The van der Waals surface area contributed by atoms with Gasteiger partial charge in [-0.2, -0.15) is 0 Å². The molecular weight excluding hydrogens is 286 g/mol. The molecule has 0 aliphatic carbocycles. The molecule has 0 spiro atoms. The van der Waals surface area contributed by atoms with Crippen LogP contribution in [0.4, 0.5) is 5.13 Å². The molecule has 108 valence electrons. The molecule has 0 aliphatic rings. The quantitative estimate of drug-likeness (QED) is 0.807. The molecule has 3 rings (SSSR count). The van der Waals surface area contributed by atoms with Gasteiger partial charge >= 0.3 is 0 Å². The van der Waals surface area contributed by atoms with Gasteiger partial charge in [0.05, 0.1) is 16.8 Å². The molecule has 3 aromatic rings. The molecular formula is C15H15N3O2S. The molecule has 6 heteroatoms. The maximum atomic E-state index is 12.4. The number of aromatic nitrogens is 1. The highest BCUT2D eigenvalue weighted by molar-refractivity contribution is 7.22. The van der Waals surface area contributed by atoms with Crippen molar-refractivity contribution in [2.24, 2.45) is 0 Å². The number of benzene rings is 1. The van der Waals surface area contributed by atoms with E-state index in [1.54, 1.807) is 24.1 Å². The Morgan fingerprint density at radius 2 is 2.19 bits per heavy atom. The van der Waals surface area contributed by atoms with Crippen LogP contribution in [0.2, 0.25) is 0 Å². The minimum Gasteiger partial charge on any atom is -0.464 e. The van der Waals surface area contributed by atoms with E-state index in [1.807, 2.05) is 25.1 Å². The first-order chi connectivity index (χ1) is 10.0. The van der Waals surface area contributed by atoms with Crippen molar-refractivity contribution in [3.05, 3.63) is 47.4 Å². The number of aryl methyl sites for hydroxylation is 1. The summed E-state index contributed by atoms with van der Waals surface area (Å²) in [5.41, 5.74) is 7.03. The number of rotatable bonds is 3. The summed E-state index contributed by atoms with van der Waals surface area (Å²) in [5, 5.41) is 0.508. The second-order valence-electron chi connectivity index (χ2n) is 4.91. The summed E-state index contributed by atoms with van der Waals surface area (Å²) in [5.74, 6) is 1.53. The van der Waals surface area contributed by atoms with Gasteiger partial charge in [-0.05, 0) is 37.3 Å². The number of hydrogen-bond donors (Lipinski definition) is 1. The molecule has 0 radical (unpaired) electrons. The second-order valence-corrected chi connectivity index (χ2v) is 5.97. The zero-order valence-corrected chi connectivity index (χ0v) is 12.6. The third kappa shape index (κ3) is 2.75. The lowest BCUT2D eigenvalue weighted by atomic mass is 10.2. The molecule has 5 nitrogen and oxygen atoms in total. The van der Waals surface area contributed by atoms with Crippen LogP contribution in [0, 0.1) is 6.92 Å². The summed E-state index contributed by atoms with van der Waals surface area (Å²) in [4.78, 5) is 18.3. The third-order valence-electron chi connectivity index (χ3n) is 3.19. The number of fused-ring (bicyclic) bond motifs is 1. The van der Waals surface area contributed by atoms with Crippen molar-refractivity contribution in [2.75, 3.05) is 12.8 Å². The molecule has 1 aromatic carbocycles. The van der Waals surface area contributed by atoms with Gasteiger partial charge in [-0.25, -0.2) is 4.98 Å². The van der Waals surface area contributed by atoms with Crippen LogP contribution in [0.1, 0.15) is 21.9 Å². The number of nitrogens with zero attached hydrogens (tertiary/aromatic N) is 2. The van der Waals surface area contributed by atoms with Crippen molar-refractivity contribution in [1.29, 1.82) is 0 Å². The third-order valence-corrected chi connectivity index (χ3v) is 4.05. The van der Waals surface area contributed by atoms with Gasteiger partial charge in [-0.3, -0.25) is 4.79 Å². The number of carbonyl (C=O) groups excluding carboxylic acids is 1. The second kappa shape index (κ2) is 5.21. The highest BCUT2D eigenvalue weighted by atomic mass is 32.1. The molecule has 0 unspecified atom stereocenters.